The Balaban J connectivity index is 1.78. The van der Waals surface area contributed by atoms with E-state index < -0.39 is 0 Å². The van der Waals surface area contributed by atoms with Crippen LogP contribution in [0, 0.1) is 5.82 Å². The summed E-state index contributed by atoms with van der Waals surface area (Å²) in [5, 5.41) is 0. The Kier molecular flexibility index (Phi) is 5.50. The van der Waals surface area contributed by atoms with Crippen molar-refractivity contribution in [3.05, 3.63) is 60.0 Å². The fraction of sp³-hybridized carbons (Fsp3) is 0.412. The first kappa shape index (κ1) is 14.9. The zero-order valence-corrected chi connectivity index (χ0v) is 12.2. The van der Waals surface area contributed by atoms with Crippen molar-refractivity contribution < 1.29 is 4.39 Å². The molecule has 0 aromatic heterocycles. The summed E-state index contributed by atoms with van der Waals surface area (Å²) >= 11 is 0. The molecule has 1 aromatic carbocycles. The lowest BCUT2D eigenvalue weighted by molar-refractivity contribution is 0.135. The molecule has 0 amide bonds. The number of rotatable bonds is 5. The zero-order chi connectivity index (χ0) is 14.4. The minimum atomic E-state index is -0.164. The maximum atomic E-state index is 12.9. The second kappa shape index (κ2) is 7.36. The zero-order valence-electron chi connectivity index (χ0n) is 12.2. The van der Waals surface area contributed by atoms with Crippen LogP contribution in [-0.4, -0.2) is 42.5 Å². The summed E-state index contributed by atoms with van der Waals surface area (Å²) in [6.45, 7) is 12.1. The van der Waals surface area contributed by atoms with Crippen LogP contribution in [-0.2, 0) is 6.54 Å². The quantitative estimate of drug-likeness (QED) is 0.761. The molecule has 1 heterocycles. The van der Waals surface area contributed by atoms with Crippen LogP contribution in [0.15, 0.2) is 48.6 Å². The van der Waals surface area contributed by atoms with Gasteiger partial charge in [-0.25, -0.2) is 4.39 Å². The van der Waals surface area contributed by atoms with E-state index >= 15 is 0 Å². The van der Waals surface area contributed by atoms with Gasteiger partial charge in [0.15, 0.2) is 0 Å². The fourth-order valence-corrected chi connectivity index (χ4v) is 2.56. The van der Waals surface area contributed by atoms with Gasteiger partial charge in [0.1, 0.15) is 5.82 Å². The van der Waals surface area contributed by atoms with Gasteiger partial charge in [0, 0.05) is 39.3 Å². The Morgan fingerprint density at radius 3 is 2.35 bits per heavy atom. The van der Waals surface area contributed by atoms with Crippen LogP contribution >= 0.6 is 0 Å². The van der Waals surface area contributed by atoms with Gasteiger partial charge in [0.25, 0.3) is 0 Å². The third-order valence-corrected chi connectivity index (χ3v) is 3.66. The van der Waals surface area contributed by atoms with E-state index in [2.05, 4.69) is 29.4 Å². The van der Waals surface area contributed by atoms with Crippen molar-refractivity contribution in [2.24, 2.45) is 0 Å². The molecule has 0 N–H and O–H groups in total. The lowest BCUT2D eigenvalue weighted by Gasteiger charge is -2.34. The first-order valence-corrected chi connectivity index (χ1v) is 7.15. The van der Waals surface area contributed by atoms with Crippen molar-refractivity contribution >= 4 is 0 Å². The Bertz CT molecular complexity index is 456. The van der Waals surface area contributed by atoms with Crippen LogP contribution in [0.4, 0.5) is 4.39 Å². The first-order chi connectivity index (χ1) is 9.67. The standard InChI is InChI=1S/C17H23FN2/c1-3-4-15(2)13-19-9-11-20(12-10-19)14-16-5-7-17(18)8-6-16/h3-8H,1,9-14H2,2H3. The number of allylic oxidation sites excluding steroid dienone is 2. The molecular formula is C17H23FN2. The molecule has 0 atom stereocenters. The van der Waals surface area contributed by atoms with E-state index in [0.29, 0.717) is 0 Å². The molecule has 1 saturated heterocycles. The molecule has 20 heavy (non-hydrogen) atoms. The molecule has 2 rings (SSSR count). The van der Waals surface area contributed by atoms with Crippen molar-refractivity contribution in [1.82, 2.24) is 9.80 Å². The lowest BCUT2D eigenvalue weighted by Crippen LogP contribution is -2.46. The normalized spacial score (nSPS) is 18.2. The predicted molar refractivity (Wildman–Crippen MR) is 82.1 cm³/mol. The van der Waals surface area contributed by atoms with E-state index in [1.807, 2.05) is 18.2 Å². The third kappa shape index (κ3) is 4.58. The topological polar surface area (TPSA) is 6.48 Å². The minimum Gasteiger partial charge on any atom is -0.297 e. The molecule has 1 aromatic rings. The van der Waals surface area contributed by atoms with Gasteiger partial charge in [-0.15, -0.1) is 0 Å². The van der Waals surface area contributed by atoms with Gasteiger partial charge in [-0.05, 0) is 24.6 Å². The van der Waals surface area contributed by atoms with Crippen molar-refractivity contribution in [3.8, 4) is 0 Å². The van der Waals surface area contributed by atoms with Crippen LogP contribution in [0.2, 0.25) is 0 Å². The molecule has 0 saturated carbocycles. The SMILES string of the molecule is C=CC=C(C)CN1CCN(Cc2ccc(F)cc2)CC1. The molecule has 0 unspecified atom stereocenters. The van der Waals surface area contributed by atoms with Crippen LogP contribution in [0.3, 0.4) is 0 Å². The number of nitrogens with zero attached hydrogens (tertiary/aromatic N) is 2. The van der Waals surface area contributed by atoms with Gasteiger partial charge < -0.3 is 0 Å². The van der Waals surface area contributed by atoms with Crippen LogP contribution in [0.25, 0.3) is 0 Å². The molecule has 1 aliphatic heterocycles. The molecule has 2 nitrogen and oxygen atoms in total. The highest BCUT2D eigenvalue weighted by molar-refractivity contribution is 5.16. The van der Waals surface area contributed by atoms with Gasteiger partial charge in [0.2, 0.25) is 0 Å². The summed E-state index contributed by atoms with van der Waals surface area (Å²) in [4.78, 5) is 4.90. The van der Waals surface area contributed by atoms with Crippen molar-refractivity contribution in [3.63, 3.8) is 0 Å². The molecule has 0 spiro atoms. The van der Waals surface area contributed by atoms with Gasteiger partial charge in [0.05, 0.1) is 0 Å². The summed E-state index contributed by atoms with van der Waals surface area (Å²) in [5.74, 6) is -0.164. The Hall–Kier alpha value is -1.45. The van der Waals surface area contributed by atoms with E-state index in [1.165, 1.54) is 23.3 Å². The number of halogens is 1. The predicted octanol–water partition coefficient (Wildman–Crippen LogP) is 3.08. The van der Waals surface area contributed by atoms with Gasteiger partial charge in [-0.3, -0.25) is 9.80 Å². The largest absolute Gasteiger partial charge is 0.297 e. The molecule has 1 fully saturated rings. The first-order valence-electron chi connectivity index (χ1n) is 7.15. The fourth-order valence-electron chi connectivity index (χ4n) is 2.56. The maximum absolute atomic E-state index is 12.9. The molecule has 108 valence electrons. The molecule has 0 bridgehead atoms. The Morgan fingerprint density at radius 2 is 1.75 bits per heavy atom. The number of hydrogen-bond donors (Lipinski definition) is 0. The summed E-state index contributed by atoms with van der Waals surface area (Å²) < 4.78 is 12.9. The summed E-state index contributed by atoms with van der Waals surface area (Å²) in [5.41, 5.74) is 2.54. The Morgan fingerprint density at radius 1 is 1.15 bits per heavy atom. The average Bonchev–Trinajstić information content (AvgIpc) is 2.44. The van der Waals surface area contributed by atoms with Crippen LogP contribution in [0.5, 0.6) is 0 Å². The van der Waals surface area contributed by atoms with E-state index in [-0.39, 0.29) is 5.82 Å². The van der Waals surface area contributed by atoms with E-state index in [1.54, 1.807) is 0 Å². The molecule has 0 radical (unpaired) electrons. The third-order valence-electron chi connectivity index (χ3n) is 3.66. The lowest BCUT2D eigenvalue weighted by atomic mass is 10.2. The molecule has 0 aliphatic carbocycles. The second-order valence-electron chi connectivity index (χ2n) is 5.43. The smallest absolute Gasteiger partial charge is 0.123 e. The summed E-state index contributed by atoms with van der Waals surface area (Å²) in [7, 11) is 0. The average molecular weight is 274 g/mol. The van der Waals surface area contributed by atoms with E-state index in [4.69, 9.17) is 0 Å². The summed E-state index contributed by atoms with van der Waals surface area (Å²) in [6.07, 6.45) is 3.92. The highest BCUT2D eigenvalue weighted by Crippen LogP contribution is 2.10. The Labute approximate surface area is 121 Å². The maximum Gasteiger partial charge on any atom is 0.123 e. The molecular weight excluding hydrogens is 251 g/mol. The monoisotopic (exact) mass is 274 g/mol. The van der Waals surface area contributed by atoms with Gasteiger partial charge in [-0.2, -0.15) is 0 Å². The number of piperazine rings is 1. The second-order valence-corrected chi connectivity index (χ2v) is 5.43. The van der Waals surface area contributed by atoms with Gasteiger partial charge in [-0.1, -0.05) is 36.4 Å². The highest BCUT2D eigenvalue weighted by atomic mass is 19.1. The van der Waals surface area contributed by atoms with E-state index in [0.717, 1.165) is 39.3 Å². The van der Waals surface area contributed by atoms with Crippen molar-refractivity contribution in [2.75, 3.05) is 32.7 Å². The number of benzene rings is 1. The highest BCUT2D eigenvalue weighted by Gasteiger charge is 2.16. The van der Waals surface area contributed by atoms with Crippen molar-refractivity contribution in [1.29, 1.82) is 0 Å². The molecule has 1 aliphatic rings. The van der Waals surface area contributed by atoms with Crippen LogP contribution < -0.4 is 0 Å². The summed E-state index contributed by atoms with van der Waals surface area (Å²) in [6, 6.07) is 6.82. The van der Waals surface area contributed by atoms with Gasteiger partial charge >= 0.3 is 0 Å². The van der Waals surface area contributed by atoms with E-state index in [9.17, 15) is 4.39 Å². The van der Waals surface area contributed by atoms with Crippen molar-refractivity contribution in [2.45, 2.75) is 13.5 Å². The minimum absolute atomic E-state index is 0.164. The van der Waals surface area contributed by atoms with Crippen LogP contribution in [0.1, 0.15) is 12.5 Å². The number of hydrogen-bond acceptors (Lipinski definition) is 2. The molecule has 3 heteroatoms.